The number of carbonyl (C=O) groups is 1. The van der Waals surface area contributed by atoms with Crippen LogP contribution in [0.2, 0.25) is 0 Å². The zero-order valence-corrected chi connectivity index (χ0v) is 16.8. The van der Waals surface area contributed by atoms with Gasteiger partial charge in [-0.25, -0.2) is 0 Å². The summed E-state index contributed by atoms with van der Waals surface area (Å²) in [6.45, 7) is 1.35. The fourth-order valence-corrected chi connectivity index (χ4v) is 2.72. The fraction of sp³-hybridized carbons (Fsp3) is 0.273. The number of methoxy groups -OCH3 is 1. The molecule has 0 aliphatic rings. The van der Waals surface area contributed by atoms with Crippen molar-refractivity contribution in [1.82, 2.24) is 20.5 Å². The summed E-state index contributed by atoms with van der Waals surface area (Å²) in [7, 11) is 1.56. The van der Waals surface area contributed by atoms with Crippen LogP contribution in [0.25, 0.3) is 11.4 Å². The van der Waals surface area contributed by atoms with Crippen LogP contribution in [0.3, 0.4) is 0 Å². The number of ether oxygens (including phenoxy) is 2. The summed E-state index contributed by atoms with van der Waals surface area (Å²) in [5, 5.41) is 10.8. The summed E-state index contributed by atoms with van der Waals surface area (Å²) >= 11 is 0. The number of carbonyl (C=O) groups excluding carboxylic acids is 1. The second-order valence-electron chi connectivity index (χ2n) is 6.59. The maximum atomic E-state index is 12.3. The molecule has 3 aromatic rings. The molecule has 0 spiro atoms. The topological polar surface area (TPSA) is 106 Å². The lowest BCUT2D eigenvalue weighted by Gasteiger charge is -2.07. The molecular formula is C22H24N4O4. The van der Waals surface area contributed by atoms with Gasteiger partial charge in [-0.2, -0.15) is 0 Å². The van der Waals surface area contributed by atoms with Gasteiger partial charge in [-0.1, -0.05) is 30.3 Å². The molecule has 2 aromatic carbocycles. The lowest BCUT2D eigenvalue weighted by atomic mass is 10.2. The van der Waals surface area contributed by atoms with Gasteiger partial charge in [0, 0.05) is 32.1 Å². The average Bonchev–Trinajstić information content (AvgIpc) is 2.78. The third-order valence-electron chi connectivity index (χ3n) is 4.36. The van der Waals surface area contributed by atoms with Crippen LogP contribution in [0, 0.1) is 0 Å². The van der Waals surface area contributed by atoms with Crippen LogP contribution in [0.1, 0.15) is 17.7 Å². The number of nitrogens with zero attached hydrogens (tertiary/aromatic N) is 2. The Balaban J connectivity index is 1.56. The predicted molar refractivity (Wildman–Crippen MR) is 112 cm³/mol. The van der Waals surface area contributed by atoms with Crippen molar-refractivity contribution < 1.29 is 14.3 Å². The Kier molecular flexibility index (Phi) is 7.68. The Hall–Kier alpha value is -3.52. The number of H-pyrrole nitrogens is 1. The highest BCUT2D eigenvalue weighted by Crippen LogP contribution is 2.19. The van der Waals surface area contributed by atoms with E-state index in [2.05, 4.69) is 20.5 Å². The summed E-state index contributed by atoms with van der Waals surface area (Å²) in [4.78, 5) is 26.7. The van der Waals surface area contributed by atoms with Gasteiger partial charge in [0.2, 0.25) is 5.91 Å². The lowest BCUT2D eigenvalue weighted by Crippen LogP contribution is -2.28. The van der Waals surface area contributed by atoms with Crippen LogP contribution in [0.15, 0.2) is 59.4 Å². The molecule has 3 rings (SSSR count). The number of aromatic amines is 1. The minimum absolute atomic E-state index is 0.161. The van der Waals surface area contributed by atoms with Crippen molar-refractivity contribution in [2.24, 2.45) is 0 Å². The maximum Gasteiger partial charge on any atom is 0.273 e. The van der Waals surface area contributed by atoms with Gasteiger partial charge in [-0.05, 0) is 29.8 Å². The molecule has 0 saturated heterocycles. The molecule has 156 valence electrons. The molecule has 0 fully saturated rings. The first-order valence-electron chi connectivity index (χ1n) is 9.64. The number of hydrogen-bond acceptors (Lipinski definition) is 6. The van der Waals surface area contributed by atoms with E-state index in [-0.39, 0.29) is 30.0 Å². The van der Waals surface area contributed by atoms with E-state index >= 15 is 0 Å². The van der Waals surface area contributed by atoms with Crippen molar-refractivity contribution in [2.75, 3.05) is 20.3 Å². The van der Waals surface area contributed by atoms with Crippen LogP contribution in [0.4, 0.5) is 0 Å². The third kappa shape index (κ3) is 6.25. The predicted octanol–water partition coefficient (Wildman–Crippen LogP) is 2.11. The number of amides is 1. The van der Waals surface area contributed by atoms with Crippen molar-refractivity contribution in [2.45, 2.75) is 19.4 Å². The molecule has 0 saturated carbocycles. The van der Waals surface area contributed by atoms with Crippen LogP contribution < -0.4 is 15.6 Å². The first kappa shape index (κ1) is 21.2. The van der Waals surface area contributed by atoms with Crippen LogP contribution in [0.5, 0.6) is 5.75 Å². The maximum absolute atomic E-state index is 12.3. The van der Waals surface area contributed by atoms with Gasteiger partial charge in [0.15, 0.2) is 5.82 Å². The second-order valence-corrected chi connectivity index (χ2v) is 6.59. The highest BCUT2D eigenvalue weighted by molar-refractivity contribution is 5.76. The van der Waals surface area contributed by atoms with Gasteiger partial charge < -0.3 is 19.8 Å². The number of aryl methyl sites for hydroxylation is 1. The third-order valence-corrected chi connectivity index (χ3v) is 4.36. The molecule has 0 aliphatic carbocycles. The van der Waals surface area contributed by atoms with Crippen LogP contribution >= 0.6 is 0 Å². The lowest BCUT2D eigenvalue weighted by molar-refractivity contribution is -0.121. The van der Waals surface area contributed by atoms with E-state index in [1.165, 1.54) is 0 Å². The van der Waals surface area contributed by atoms with Crippen molar-refractivity contribution >= 4 is 5.91 Å². The largest absolute Gasteiger partial charge is 0.489 e. The van der Waals surface area contributed by atoms with E-state index in [1.54, 1.807) is 7.11 Å². The van der Waals surface area contributed by atoms with Crippen molar-refractivity contribution in [3.05, 3.63) is 76.2 Å². The molecular weight excluding hydrogens is 384 g/mol. The van der Waals surface area contributed by atoms with Crippen molar-refractivity contribution in [1.29, 1.82) is 0 Å². The van der Waals surface area contributed by atoms with Gasteiger partial charge in [0.1, 0.15) is 18.1 Å². The Labute approximate surface area is 174 Å². The van der Waals surface area contributed by atoms with E-state index in [9.17, 15) is 9.59 Å². The number of rotatable bonds is 10. The van der Waals surface area contributed by atoms with E-state index < -0.39 is 0 Å². The number of benzene rings is 2. The molecule has 1 aromatic heterocycles. The summed E-state index contributed by atoms with van der Waals surface area (Å²) in [5.41, 5.74) is 1.67. The molecule has 0 unspecified atom stereocenters. The van der Waals surface area contributed by atoms with Crippen LogP contribution in [-0.4, -0.2) is 41.3 Å². The molecule has 8 nitrogen and oxygen atoms in total. The van der Waals surface area contributed by atoms with Gasteiger partial charge in [0.25, 0.3) is 5.56 Å². The van der Waals surface area contributed by atoms with Gasteiger partial charge >= 0.3 is 0 Å². The molecule has 30 heavy (non-hydrogen) atoms. The smallest absolute Gasteiger partial charge is 0.273 e. The molecule has 1 heterocycles. The fourth-order valence-electron chi connectivity index (χ4n) is 2.72. The second kappa shape index (κ2) is 10.9. The first-order chi connectivity index (χ1) is 14.7. The van der Waals surface area contributed by atoms with E-state index in [4.69, 9.17) is 9.47 Å². The highest BCUT2D eigenvalue weighted by atomic mass is 16.5. The molecule has 0 atom stereocenters. The Morgan fingerprint density at radius 3 is 2.53 bits per heavy atom. The van der Waals surface area contributed by atoms with Gasteiger partial charge in [-0.3, -0.25) is 9.59 Å². The summed E-state index contributed by atoms with van der Waals surface area (Å²) in [6.07, 6.45) is 0.377. The Morgan fingerprint density at radius 1 is 1.07 bits per heavy atom. The SMILES string of the molecule is COCCNC(=O)CCc1nnc(-c2ccc(OCc3ccccc3)cc2)[nH]c1=O. The number of nitrogens with one attached hydrogen (secondary N) is 2. The number of hydrogen-bond donors (Lipinski definition) is 2. The summed E-state index contributed by atoms with van der Waals surface area (Å²) in [5.74, 6) is 0.917. The molecule has 0 aliphatic heterocycles. The highest BCUT2D eigenvalue weighted by Gasteiger charge is 2.09. The minimum atomic E-state index is -0.353. The van der Waals surface area contributed by atoms with Gasteiger partial charge in [-0.15, -0.1) is 10.2 Å². The standard InChI is InChI=1S/C22H24N4O4/c1-29-14-13-23-20(27)12-11-19-22(28)24-21(26-25-19)17-7-9-18(10-8-17)30-15-16-5-3-2-4-6-16/h2-10H,11-15H2,1H3,(H,23,27)(H,24,26,28). The van der Waals surface area contributed by atoms with Gasteiger partial charge in [0.05, 0.1) is 6.61 Å². The summed E-state index contributed by atoms with van der Waals surface area (Å²) in [6, 6.07) is 17.1. The Morgan fingerprint density at radius 2 is 1.83 bits per heavy atom. The Bertz CT molecular complexity index is 1000. The minimum Gasteiger partial charge on any atom is -0.489 e. The van der Waals surface area contributed by atoms with Crippen LogP contribution in [-0.2, 0) is 22.6 Å². The molecule has 8 heteroatoms. The molecule has 0 bridgehead atoms. The monoisotopic (exact) mass is 408 g/mol. The average molecular weight is 408 g/mol. The number of aromatic nitrogens is 3. The van der Waals surface area contributed by atoms with E-state index in [0.717, 1.165) is 11.1 Å². The quantitative estimate of drug-likeness (QED) is 0.498. The van der Waals surface area contributed by atoms with E-state index in [0.29, 0.717) is 31.3 Å². The van der Waals surface area contributed by atoms with E-state index in [1.807, 2.05) is 54.6 Å². The van der Waals surface area contributed by atoms with Crippen molar-refractivity contribution in [3.63, 3.8) is 0 Å². The molecule has 0 radical (unpaired) electrons. The van der Waals surface area contributed by atoms with Crippen molar-refractivity contribution in [3.8, 4) is 17.1 Å². The molecule has 1 amide bonds. The normalized spacial score (nSPS) is 10.6. The molecule has 2 N–H and O–H groups in total. The zero-order valence-electron chi connectivity index (χ0n) is 16.8. The zero-order chi connectivity index (χ0) is 21.2. The first-order valence-corrected chi connectivity index (χ1v) is 9.64. The summed E-state index contributed by atoms with van der Waals surface area (Å²) < 4.78 is 10.6.